The van der Waals surface area contributed by atoms with E-state index in [-0.39, 0.29) is 0 Å². The molecule has 0 unspecified atom stereocenters. The summed E-state index contributed by atoms with van der Waals surface area (Å²) in [4.78, 5) is 0. The van der Waals surface area contributed by atoms with Crippen LogP contribution in [0.15, 0.2) is 0 Å². The molecule has 2 aliphatic rings. The number of hydrogen-bond donors (Lipinski definition) is 1. The SMILES string of the molecule is CC1(C)CC(CNC2CCC2)C1. The molecule has 0 aliphatic heterocycles. The van der Waals surface area contributed by atoms with Crippen LogP contribution < -0.4 is 5.32 Å². The predicted molar refractivity (Wildman–Crippen MR) is 52.1 cm³/mol. The van der Waals surface area contributed by atoms with Crippen molar-refractivity contribution >= 4 is 0 Å². The minimum absolute atomic E-state index is 0.659. The van der Waals surface area contributed by atoms with Crippen LogP contribution in [0.5, 0.6) is 0 Å². The third-order valence-electron chi connectivity index (χ3n) is 3.48. The van der Waals surface area contributed by atoms with Crippen LogP contribution in [0, 0.1) is 11.3 Å². The lowest BCUT2D eigenvalue weighted by Gasteiger charge is -2.44. The molecule has 2 fully saturated rings. The van der Waals surface area contributed by atoms with Crippen molar-refractivity contribution in [3.8, 4) is 0 Å². The van der Waals surface area contributed by atoms with Crippen LogP contribution in [0.3, 0.4) is 0 Å². The molecular weight excluding hydrogens is 146 g/mol. The van der Waals surface area contributed by atoms with Gasteiger partial charge in [0.15, 0.2) is 0 Å². The molecule has 2 saturated carbocycles. The minimum Gasteiger partial charge on any atom is -0.314 e. The summed E-state index contributed by atoms with van der Waals surface area (Å²) >= 11 is 0. The van der Waals surface area contributed by atoms with Gasteiger partial charge in [-0.2, -0.15) is 0 Å². The molecule has 0 bridgehead atoms. The highest BCUT2D eigenvalue weighted by Gasteiger charge is 2.35. The standard InChI is InChI=1S/C11H21N/c1-11(2)6-9(7-11)8-12-10-4-3-5-10/h9-10,12H,3-8H2,1-2H3. The largest absolute Gasteiger partial charge is 0.314 e. The third-order valence-corrected chi connectivity index (χ3v) is 3.48. The van der Waals surface area contributed by atoms with Gasteiger partial charge in [-0.15, -0.1) is 0 Å². The molecule has 0 heterocycles. The summed E-state index contributed by atoms with van der Waals surface area (Å²) in [5, 5.41) is 3.66. The summed E-state index contributed by atoms with van der Waals surface area (Å²) in [6.45, 7) is 6.05. The predicted octanol–water partition coefficient (Wildman–Crippen LogP) is 2.56. The van der Waals surface area contributed by atoms with Crippen LogP contribution in [0.2, 0.25) is 0 Å². The lowest BCUT2D eigenvalue weighted by molar-refractivity contribution is 0.0901. The zero-order valence-electron chi connectivity index (χ0n) is 8.40. The van der Waals surface area contributed by atoms with Gasteiger partial charge in [-0.3, -0.25) is 0 Å². The van der Waals surface area contributed by atoms with Crippen molar-refractivity contribution < 1.29 is 0 Å². The first-order valence-corrected chi connectivity index (χ1v) is 5.39. The summed E-state index contributed by atoms with van der Waals surface area (Å²) < 4.78 is 0. The summed E-state index contributed by atoms with van der Waals surface area (Å²) in [6, 6.07) is 0.883. The van der Waals surface area contributed by atoms with Crippen LogP contribution in [0.1, 0.15) is 46.0 Å². The van der Waals surface area contributed by atoms with E-state index in [0.717, 1.165) is 12.0 Å². The minimum atomic E-state index is 0.659. The Morgan fingerprint density at radius 2 is 1.92 bits per heavy atom. The lowest BCUT2D eigenvalue weighted by atomic mass is 9.64. The van der Waals surface area contributed by atoms with E-state index < -0.39 is 0 Å². The van der Waals surface area contributed by atoms with Gasteiger partial charge in [0, 0.05) is 6.04 Å². The second-order valence-corrected chi connectivity index (χ2v) is 5.47. The molecule has 2 rings (SSSR count). The lowest BCUT2D eigenvalue weighted by Crippen LogP contribution is -2.43. The fraction of sp³-hybridized carbons (Fsp3) is 1.00. The van der Waals surface area contributed by atoms with Crippen LogP contribution >= 0.6 is 0 Å². The van der Waals surface area contributed by atoms with E-state index in [1.807, 2.05) is 0 Å². The van der Waals surface area contributed by atoms with Crippen LogP contribution in [0.4, 0.5) is 0 Å². The van der Waals surface area contributed by atoms with Gasteiger partial charge in [0.1, 0.15) is 0 Å². The molecule has 1 N–H and O–H groups in total. The molecule has 0 spiro atoms. The normalized spacial score (nSPS) is 29.5. The molecule has 1 nitrogen and oxygen atoms in total. The van der Waals surface area contributed by atoms with Crippen LogP contribution in [-0.2, 0) is 0 Å². The van der Waals surface area contributed by atoms with E-state index >= 15 is 0 Å². The van der Waals surface area contributed by atoms with Gasteiger partial charge in [-0.25, -0.2) is 0 Å². The third kappa shape index (κ3) is 1.82. The molecule has 2 aliphatic carbocycles. The van der Waals surface area contributed by atoms with Crippen LogP contribution in [-0.4, -0.2) is 12.6 Å². The monoisotopic (exact) mass is 167 g/mol. The Morgan fingerprint density at radius 1 is 1.25 bits per heavy atom. The number of rotatable bonds is 3. The van der Waals surface area contributed by atoms with Gasteiger partial charge < -0.3 is 5.32 Å². The van der Waals surface area contributed by atoms with Crippen molar-refractivity contribution in [2.24, 2.45) is 11.3 Å². The second kappa shape index (κ2) is 3.02. The van der Waals surface area contributed by atoms with Gasteiger partial charge in [0.2, 0.25) is 0 Å². The quantitative estimate of drug-likeness (QED) is 0.681. The molecule has 12 heavy (non-hydrogen) atoms. The van der Waals surface area contributed by atoms with E-state index in [1.54, 1.807) is 0 Å². The van der Waals surface area contributed by atoms with E-state index in [0.29, 0.717) is 5.41 Å². The zero-order valence-corrected chi connectivity index (χ0v) is 8.40. The van der Waals surface area contributed by atoms with Gasteiger partial charge >= 0.3 is 0 Å². The van der Waals surface area contributed by atoms with E-state index in [2.05, 4.69) is 19.2 Å². The molecule has 0 aromatic carbocycles. The van der Waals surface area contributed by atoms with Gasteiger partial charge in [-0.1, -0.05) is 20.3 Å². The van der Waals surface area contributed by atoms with Crippen molar-refractivity contribution in [2.75, 3.05) is 6.54 Å². The molecule has 1 heteroatoms. The van der Waals surface area contributed by atoms with E-state index in [4.69, 9.17) is 0 Å². The van der Waals surface area contributed by atoms with Gasteiger partial charge in [-0.05, 0) is 43.6 Å². The van der Waals surface area contributed by atoms with Crippen LogP contribution in [0.25, 0.3) is 0 Å². The van der Waals surface area contributed by atoms with Crippen molar-refractivity contribution in [1.82, 2.24) is 5.32 Å². The molecule has 0 atom stereocenters. The maximum Gasteiger partial charge on any atom is 0.00671 e. The van der Waals surface area contributed by atoms with E-state index in [1.165, 1.54) is 38.6 Å². The van der Waals surface area contributed by atoms with Crippen molar-refractivity contribution in [1.29, 1.82) is 0 Å². The highest BCUT2D eigenvalue weighted by atomic mass is 14.9. The molecule has 0 saturated heterocycles. The highest BCUT2D eigenvalue weighted by Crippen LogP contribution is 2.44. The molecule has 0 aromatic heterocycles. The summed E-state index contributed by atoms with van der Waals surface area (Å²) in [7, 11) is 0. The number of nitrogens with one attached hydrogen (secondary N) is 1. The summed E-state index contributed by atoms with van der Waals surface area (Å²) in [5.41, 5.74) is 0.659. The Hall–Kier alpha value is -0.0400. The topological polar surface area (TPSA) is 12.0 Å². The smallest absolute Gasteiger partial charge is 0.00671 e. The molecular formula is C11H21N. The molecule has 0 radical (unpaired) electrons. The Labute approximate surface area is 75.9 Å². The zero-order chi connectivity index (χ0) is 8.60. The average Bonchev–Trinajstić information content (AvgIpc) is 1.79. The molecule has 70 valence electrons. The first-order chi connectivity index (χ1) is 5.66. The van der Waals surface area contributed by atoms with Crippen molar-refractivity contribution in [3.63, 3.8) is 0 Å². The van der Waals surface area contributed by atoms with Gasteiger partial charge in [0.05, 0.1) is 0 Å². The highest BCUT2D eigenvalue weighted by molar-refractivity contribution is 4.89. The molecule has 0 aromatic rings. The first kappa shape index (κ1) is 8.55. The number of hydrogen-bond acceptors (Lipinski definition) is 1. The van der Waals surface area contributed by atoms with Crippen molar-refractivity contribution in [3.05, 3.63) is 0 Å². The van der Waals surface area contributed by atoms with Crippen molar-refractivity contribution in [2.45, 2.75) is 52.0 Å². The first-order valence-electron chi connectivity index (χ1n) is 5.39. The maximum absolute atomic E-state index is 3.66. The Bertz CT molecular complexity index is 150. The fourth-order valence-electron chi connectivity index (χ4n) is 2.59. The average molecular weight is 167 g/mol. The Balaban J connectivity index is 1.57. The fourth-order valence-corrected chi connectivity index (χ4v) is 2.59. The summed E-state index contributed by atoms with van der Waals surface area (Å²) in [5.74, 6) is 0.987. The molecule has 0 amide bonds. The Kier molecular flexibility index (Phi) is 2.16. The maximum atomic E-state index is 3.66. The Morgan fingerprint density at radius 3 is 2.33 bits per heavy atom. The van der Waals surface area contributed by atoms with E-state index in [9.17, 15) is 0 Å². The summed E-state index contributed by atoms with van der Waals surface area (Å²) in [6.07, 6.45) is 7.18. The second-order valence-electron chi connectivity index (χ2n) is 5.47. The van der Waals surface area contributed by atoms with Gasteiger partial charge in [0.25, 0.3) is 0 Å².